The number of benzene rings is 2. The molecule has 0 unspecified atom stereocenters. The lowest BCUT2D eigenvalue weighted by Gasteiger charge is -2.31. The van der Waals surface area contributed by atoms with Gasteiger partial charge in [0.15, 0.2) is 0 Å². The molecule has 1 atom stereocenters. The van der Waals surface area contributed by atoms with Crippen molar-refractivity contribution in [3.8, 4) is 0 Å². The number of halogens is 2. The van der Waals surface area contributed by atoms with Crippen molar-refractivity contribution in [2.75, 3.05) is 0 Å². The van der Waals surface area contributed by atoms with E-state index in [2.05, 4.69) is 21.2 Å². The van der Waals surface area contributed by atoms with Crippen molar-refractivity contribution in [3.63, 3.8) is 0 Å². The Morgan fingerprint density at radius 1 is 1.11 bits per heavy atom. The summed E-state index contributed by atoms with van der Waals surface area (Å²) in [6.45, 7) is 7.85. The highest BCUT2D eigenvalue weighted by atomic mass is 79.9. The maximum absolute atomic E-state index is 13.1. The van der Waals surface area contributed by atoms with Crippen molar-refractivity contribution in [1.82, 2.24) is 10.2 Å². The van der Waals surface area contributed by atoms with Crippen molar-refractivity contribution >= 4 is 39.3 Å². The summed E-state index contributed by atoms with van der Waals surface area (Å²) in [5, 5.41) is 3.51. The smallest absolute Gasteiger partial charge is 0.242 e. The van der Waals surface area contributed by atoms with Crippen molar-refractivity contribution < 1.29 is 9.59 Å². The van der Waals surface area contributed by atoms with Crippen molar-refractivity contribution in [2.45, 2.75) is 52.2 Å². The highest BCUT2D eigenvalue weighted by Crippen LogP contribution is 2.19. The number of hydrogen-bond acceptors (Lipinski definition) is 2. The highest BCUT2D eigenvalue weighted by molar-refractivity contribution is 9.10. The van der Waals surface area contributed by atoms with E-state index in [1.165, 1.54) is 0 Å². The molecule has 0 fully saturated rings. The Balaban J connectivity index is 2.26. The van der Waals surface area contributed by atoms with Gasteiger partial charge < -0.3 is 10.2 Å². The van der Waals surface area contributed by atoms with E-state index in [1.54, 1.807) is 17.9 Å². The van der Waals surface area contributed by atoms with Crippen LogP contribution in [-0.2, 0) is 22.6 Å². The molecule has 0 aliphatic heterocycles. The molecule has 0 aliphatic carbocycles. The molecule has 0 aliphatic rings. The summed E-state index contributed by atoms with van der Waals surface area (Å²) in [7, 11) is 0. The van der Waals surface area contributed by atoms with Gasteiger partial charge >= 0.3 is 0 Å². The van der Waals surface area contributed by atoms with Gasteiger partial charge in [-0.05, 0) is 57.0 Å². The molecule has 2 rings (SSSR count). The average molecular weight is 466 g/mol. The van der Waals surface area contributed by atoms with Gasteiger partial charge in [0.2, 0.25) is 11.8 Å². The van der Waals surface area contributed by atoms with Gasteiger partial charge in [-0.1, -0.05) is 57.9 Å². The first-order valence-electron chi connectivity index (χ1n) is 9.16. The monoisotopic (exact) mass is 464 g/mol. The first kappa shape index (κ1) is 22.4. The maximum Gasteiger partial charge on any atom is 0.242 e. The third-order valence-corrected chi connectivity index (χ3v) is 5.13. The van der Waals surface area contributed by atoms with Crippen molar-refractivity contribution in [2.24, 2.45) is 0 Å². The van der Waals surface area contributed by atoms with Crippen LogP contribution in [0.1, 0.15) is 38.8 Å². The molecule has 0 bridgehead atoms. The molecule has 28 heavy (non-hydrogen) atoms. The van der Waals surface area contributed by atoms with E-state index in [1.807, 2.05) is 63.2 Å². The molecule has 150 valence electrons. The minimum atomic E-state index is -0.613. The predicted octanol–water partition coefficient (Wildman–Crippen LogP) is 4.98. The van der Waals surface area contributed by atoms with E-state index in [0.717, 1.165) is 15.6 Å². The molecule has 2 aromatic carbocycles. The van der Waals surface area contributed by atoms with Crippen LogP contribution in [0.15, 0.2) is 53.0 Å². The average Bonchev–Trinajstić information content (AvgIpc) is 2.61. The lowest BCUT2D eigenvalue weighted by atomic mass is 10.1. The zero-order valence-corrected chi connectivity index (χ0v) is 19.0. The summed E-state index contributed by atoms with van der Waals surface area (Å²) in [6.07, 6.45) is 0.142. The fourth-order valence-corrected chi connectivity index (χ4v) is 3.22. The number of hydrogen-bond donors (Lipinski definition) is 1. The molecule has 4 nitrogen and oxygen atoms in total. The van der Waals surface area contributed by atoms with E-state index in [9.17, 15) is 9.59 Å². The zero-order valence-electron chi connectivity index (χ0n) is 16.6. The van der Waals surface area contributed by atoms with Gasteiger partial charge in [-0.15, -0.1) is 0 Å². The topological polar surface area (TPSA) is 49.4 Å². The van der Waals surface area contributed by atoms with Crippen LogP contribution in [0.3, 0.4) is 0 Å². The number of carbonyl (C=O) groups excluding carboxylic acids is 2. The van der Waals surface area contributed by atoms with Gasteiger partial charge in [-0.25, -0.2) is 0 Å². The predicted molar refractivity (Wildman–Crippen MR) is 117 cm³/mol. The van der Waals surface area contributed by atoms with Gasteiger partial charge in [0.25, 0.3) is 0 Å². The Kier molecular flexibility index (Phi) is 7.67. The summed E-state index contributed by atoms with van der Waals surface area (Å²) in [4.78, 5) is 27.5. The molecule has 0 spiro atoms. The molecule has 0 saturated carbocycles. The second kappa shape index (κ2) is 9.57. The second-order valence-corrected chi connectivity index (χ2v) is 9.15. The van der Waals surface area contributed by atoms with E-state index in [-0.39, 0.29) is 23.8 Å². The zero-order chi connectivity index (χ0) is 20.9. The van der Waals surface area contributed by atoms with Crippen LogP contribution in [0.5, 0.6) is 0 Å². The lowest BCUT2D eigenvalue weighted by molar-refractivity contribution is -0.140. The van der Waals surface area contributed by atoms with Gasteiger partial charge in [0.1, 0.15) is 6.04 Å². The largest absolute Gasteiger partial charge is 0.350 e. The highest BCUT2D eigenvalue weighted by Gasteiger charge is 2.28. The summed E-state index contributed by atoms with van der Waals surface area (Å²) in [5.41, 5.74) is 1.32. The molecule has 6 heteroatoms. The van der Waals surface area contributed by atoms with Crippen molar-refractivity contribution in [3.05, 3.63) is 69.2 Å². The third-order valence-electron chi connectivity index (χ3n) is 4.23. The van der Waals surface area contributed by atoms with Crippen LogP contribution in [0, 0.1) is 0 Å². The Morgan fingerprint density at radius 2 is 1.71 bits per heavy atom. The van der Waals surface area contributed by atoms with Gasteiger partial charge in [-0.2, -0.15) is 0 Å². The SMILES string of the molecule is C[C@H](C(=O)NC(C)(C)C)N(Cc1ccc(Br)cc1)C(=O)Cc1ccccc1Cl. The van der Waals surface area contributed by atoms with Gasteiger partial charge in [0, 0.05) is 21.6 Å². The first-order valence-corrected chi connectivity index (χ1v) is 10.3. The van der Waals surface area contributed by atoms with Crippen LogP contribution in [-0.4, -0.2) is 28.3 Å². The summed E-state index contributed by atoms with van der Waals surface area (Å²) in [6, 6.07) is 14.4. The minimum Gasteiger partial charge on any atom is -0.350 e. The number of nitrogens with zero attached hydrogens (tertiary/aromatic N) is 1. The van der Waals surface area contributed by atoms with Gasteiger partial charge in [0.05, 0.1) is 6.42 Å². The lowest BCUT2D eigenvalue weighted by Crippen LogP contribution is -2.52. The number of rotatable bonds is 6. The van der Waals surface area contributed by atoms with Crippen LogP contribution in [0.25, 0.3) is 0 Å². The number of amides is 2. The Bertz CT molecular complexity index is 831. The summed E-state index contributed by atoms with van der Waals surface area (Å²) >= 11 is 9.64. The fraction of sp³-hybridized carbons (Fsp3) is 0.364. The number of carbonyl (C=O) groups is 2. The van der Waals surface area contributed by atoms with Crippen LogP contribution in [0.2, 0.25) is 5.02 Å². The normalized spacial score (nSPS) is 12.4. The summed E-state index contributed by atoms with van der Waals surface area (Å²) < 4.78 is 0.962. The fourth-order valence-electron chi connectivity index (χ4n) is 2.75. The second-order valence-electron chi connectivity index (χ2n) is 7.83. The van der Waals surface area contributed by atoms with Crippen LogP contribution >= 0.6 is 27.5 Å². The van der Waals surface area contributed by atoms with E-state index in [0.29, 0.717) is 11.6 Å². The molecular weight excluding hydrogens is 440 g/mol. The minimum absolute atomic E-state index is 0.142. The van der Waals surface area contributed by atoms with Gasteiger partial charge in [-0.3, -0.25) is 9.59 Å². The Labute approximate surface area is 180 Å². The van der Waals surface area contributed by atoms with Crippen LogP contribution in [0.4, 0.5) is 0 Å². The Morgan fingerprint density at radius 3 is 2.29 bits per heavy atom. The van der Waals surface area contributed by atoms with Crippen LogP contribution < -0.4 is 5.32 Å². The summed E-state index contributed by atoms with van der Waals surface area (Å²) in [5.74, 6) is -0.329. The standard InChI is InChI=1S/C22H26BrClN2O2/c1-15(21(28)25-22(2,3)4)26(14-16-9-11-18(23)12-10-16)20(27)13-17-7-5-6-8-19(17)24/h5-12,15H,13-14H2,1-4H3,(H,25,28)/t15-/m1/s1. The Hall–Kier alpha value is -1.85. The quantitative estimate of drug-likeness (QED) is 0.654. The van der Waals surface area contributed by atoms with E-state index in [4.69, 9.17) is 11.6 Å². The molecular formula is C22H26BrClN2O2. The van der Waals surface area contributed by atoms with E-state index < -0.39 is 6.04 Å². The molecule has 2 amide bonds. The first-order chi connectivity index (χ1) is 13.1. The molecule has 0 saturated heterocycles. The maximum atomic E-state index is 13.1. The molecule has 0 radical (unpaired) electrons. The third kappa shape index (κ3) is 6.64. The van der Waals surface area contributed by atoms with E-state index >= 15 is 0 Å². The van der Waals surface area contributed by atoms with Crippen molar-refractivity contribution in [1.29, 1.82) is 0 Å². The molecule has 0 heterocycles. The number of nitrogens with one attached hydrogen (secondary N) is 1. The molecule has 1 N–H and O–H groups in total. The molecule has 2 aromatic rings. The molecule has 0 aromatic heterocycles.